The molecule has 1 aliphatic heterocycles. The summed E-state index contributed by atoms with van der Waals surface area (Å²) in [6.07, 6.45) is 3.07. The second kappa shape index (κ2) is 6.76. The number of hydrogen-bond donors (Lipinski definition) is 1. The van der Waals surface area contributed by atoms with Crippen molar-refractivity contribution in [3.63, 3.8) is 0 Å². The van der Waals surface area contributed by atoms with Gasteiger partial charge in [0.2, 0.25) is 0 Å². The van der Waals surface area contributed by atoms with Gasteiger partial charge in [-0.3, -0.25) is 4.90 Å². The van der Waals surface area contributed by atoms with Crippen LogP contribution in [0.5, 0.6) is 5.75 Å². The van der Waals surface area contributed by atoms with Crippen molar-refractivity contribution in [2.24, 2.45) is 0 Å². The molecule has 0 spiro atoms. The molecule has 0 radical (unpaired) electrons. The topological polar surface area (TPSA) is 32.7 Å². The van der Waals surface area contributed by atoms with Crippen LogP contribution in [0.15, 0.2) is 24.3 Å². The molecule has 18 heavy (non-hydrogen) atoms. The highest BCUT2D eigenvalue weighted by atomic mass is 16.5. The summed E-state index contributed by atoms with van der Waals surface area (Å²) in [5.41, 5.74) is 1.15. The van der Waals surface area contributed by atoms with E-state index in [1.165, 1.54) is 25.9 Å². The average Bonchev–Trinajstić information content (AvgIpc) is 2.84. The molecule has 0 aliphatic carbocycles. The molecule has 1 unspecified atom stereocenters. The molecule has 1 aromatic carbocycles. The van der Waals surface area contributed by atoms with Crippen LogP contribution in [0, 0.1) is 0 Å². The van der Waals surface area contributed by atoms with Crippen molar-refractivity contribution in [3.8, 4) is 5.75 Å². The van der Waals surface area contributed by atoms with Gasteiger partial charge in [-0.25, -0.2) is 0 Å². The maximum absolute atomic E-state index is 9.30. The zero-order chi connectivity index (χ0) is 12.8. The monoisotopic (exact) mass is 249 g/mol. The lowest BCUT2D eigenvalue weighted by Gasteiger charge is -2.15. The summed E-state index contributed by atoms with van der Waals surface area (Å²) in [4.78, 5) is 2.45. The van der Waals surface area contributed by atoms with E-state index in [4.69, 9.17) is 4.74 Å². The smallest absolute Gasteiger partial charge is 0.119 e. The number of hydrogen-bond acceptors (Lipinski definition) is 3. The van der Waals surface area contributed by atoms with Crippen LogP contribution < -0.4 is 4.74 Å². The van der Waals surface area contributed by atoms with Crippen LogP contribution >= 0.6 is 0 Å². The summed E-state index contributed by atoms with van der Waals surface area (Å²) in [5.74, 6) is 0.920. The molecule has 100 valence electrons. The van der Waals surface area contributed by atoms with E-state index in [0.29, 0.717) is 6.42 Å². The Morgan fingerprint density at radius 1 is 1.22 bits per heavy atom. The molecule has 1 aromatic rings. The molecular weight excluding hydrogens is 226 g/mol. The van der Waals surface area contributed by atoms with Crippen LogP contribution in [0.1, 0.15) is 25.3 Å². The fourth-order valence-electron chi connectivity index (χ4n) is 2.36. The fourth-order valence-corrected chi connectivity index (χ4v) is 2.36. The Balaban J connectivity index is 1.72. The summed E-state index contributed by atoms with van der Waals surface area (Å²) in [7, 11) is 0. The Bertz CT molecular complexity index is 342. The largest absolute Gasteiger partial charge is 0.492 e. The molecule has 0 aromatic heterocycles. The van der Waals surface area contributed by atoms with E-state index in [1.54, 1.807) is 6.92 Å². The van der Waals surface area contributed by atoms with Crippen molar-refractivity contribution in [1.82, 2.24) is 4.90 Å². The number of likely N-dealkylation sites (tertiary alicyclic amines) is 1. The molecule has 1 heterocycles. The van der Waals surface area contributed by atoms with Gasteiger partial charge in [-0.1, -0.05) is 12.1 Å². The second-order valence-corrected chi connectivity index (χ2v) is 5.09. The van der Waals surface area contributed by atoms with Crippen LogP contribution in [-0.4, -0.2) is 42.4 Å². The third-order valence-electron chi connectivity index (χ3n) is 3.33. The van der Waals surface area contributed by atoms with Gasteiger partial charge in [0.15, 0.2) is 0 Å². The minimum atomic E-state index is -0.285. The van der Waals surface area contributed by atoms with Gasteiger partial charge in [-0.2, -0.15) is 0 Å². The van der Waals surface area contributed by atoms with E-state index < -0.39 is 0 Å². The van der Waals surface area contributed by atoms with Crippen LogP contribution in [0.4, 0.5) is 0 Å². The number of aliphatic hydroxyl groups excluding tert-OH is 1. The van der Waals surface area contributed by atoms with Crippen molar-refractivity contribution < 1.29 is 9.84 Å². The molecule has 2 rings (SSSR count). The normalized spacial score (nSPS) is 17.9. The highest BCUT2D eigenvalue weighted by molar-refractivity contribution is 5.27. The van der Waals surface area contributed by atoms with Crippen molar-refractivity contribution in [2.45, 2.75) is 32.3 Å². The lowest BCUT2D eigenvalue weighted by atomic mass is 10.1. The van der Waals surface area contributed by atoms with Crippen LogP contribution in [-0.2, 0) is 6.42 Å². The highest BCUT2D eigenvalue weighted by Crippen LogP contribution is 2.14. The first-order valence-corrected chi connectivity index (χ1v) is 6.86. The molecule has 3 nitrogen and oxygen atoms in total. The first-order valence-electron chi connectivity index (χ1n) is 6.86. The van der Waals surface area contributed by atoms with E-state index in [-0.39, 0.29) is 6.10 Å². The first-order chi connectivity index (χ1) is 8.74. The number of aliphatic hydroxyl groups is 1. The Morgan fingerprint density at radius 3 is 2.50 bits per heavy atom. The number of ether oxygens (including phenoxy) is 1. The van der Waals surface area contributed by atoms with Gasteiger partial charge in [0.1, 0.15) is 12.4 Å². The quantitative estimate of drug-likeness (QED) is 0.838. The number of rotatable bonds is 6. The molecule has 0 amide bonds. The Morgan fingerprint density at radius 2 is 1.89 bits per heavy atom. The summed E-state index contributed by atoms with van der Waals surface area (Å²) < 4.78 is 5.72. The van der Waals surface area contributed by atoms with Crippen LogP contribution in [0.2, 0.25) is 0 Å². The van der Waals surface area contributed by atoms with Crippen LogP contribution in [0.25, 0.3) is 0 Å². The molecule has 0 saturated carbocycles. The van der Waals surface area contributed by atoms with E-state index in [0.717, 1.165) is 24.5 Å². The maximum Gasteiger partial charge on any atom is 0.119 e. The Labute approximate surface area is 109 Å². The molecule has 1 fully saturated rings. The molecule has 3 heteroatoms. The van der Waals surface area contributed by atoms with Crippen molar-refractivity contribution in [3.05, 3.63) is 29.8 Å². The van der Waals surface area contributed by atoms with E-state index in [9.17, 15) is 5.11 Å². The predicted molar refractivity (Wildman–Crippen MR) is 73.0 cm³/mol. The molecule has 1 atom stereocenters. The zero-order valence-electron chi connectivity index (χ0n) is 11.1. The Kier molecular flexibility index (Phi) is 5.02. The van der Waals surface area contributed by atoms with Crippen molar-refractivity contribution in [1.29, 1.82) is 0 Å². The first kappa shape index (κ1) is 13.4. The van der Waals surface area contributed by atoms with Gasteiger partial charge >= 0.3 is 0 Å². The molecular formula is C15H23NO2. The van der Waals surface area contributed by atoms with Gasteiger partial charge < -0.3 is 9.84 Å². The summed E-state index contributed by atoms with van der Waals surface area (Å²) in [6.45, 7) is 6.03. The summed E-state index contributed by atoms with van der Waals surface area (Å²) in [5, 5.41) is 9.30. The highest BCUT2D eigenvalue weighted by Gasteiger charge is 2.10. The number of nitrogens with zero attached hydrogens (tertiary/aromatic N) is 1. The predicted octanol–water partition coefficient (Wildman–Crippen LogP) is 2.08. The van der Waals surface area contributed by atoms with Gasteiger partial charge in [0.25, 0.3) is 0 Å². The number of benzene rings is 1. The van der Waals surface area contributed by atoms with Crippen LogP contribution in [0.3, 0.4) is 0 Å². The maximum atomic E-state index is 9.30. The van der Waals surface area contributed by atoms with Gasteiger partial charge in [-0.05, 0) is 57.0 Å². The summed E-state index contributed by atoms with van der Waals surface area (Å²) >= 11 is 0. The van der Waals surface area contributed by atoms with E-state index in [1.807, 2.05) is 24.3 Å². The van der Waals surface area contributed by atoms with Crippen molar-refractivity contribution in [2.75, 3.05) is 26.2 Å². The molecule has 0 bridgehead atoms. The van der Waals surface area contributed by atoms with E-state index >= 15 is 0 Å². The molecule has 1 aliphatic rings. The average molecular weight is 249 g/mol. The molecule has 1 N–H and O–H groups in total. The van der Waals surface area contributed by atoms with Gasteiger partial charge in [0, 0.05) is 6.54 Å². The summed E-state index contributed by atoms with van der Waals surface area (Å²) in [6, 6.07) is 8.03. The standard InChI is InChI=1S/C15H23NO2/c1-13(17)12-14-4-6-15(7-5-14)18-11-10-16-8-2-3-9-16/h4-7,13,17H,2-3,8-12H2,1H3. The Hall–Kier alpha value is -1.06. The SMILES string of the molecule is CC(O)Cc1ccc(OCCN2CCCC2)cc1. The zero-order valence-corrected chi connectivity index (χ0v) is 11.1. The molecule has 1 saturated heterocycles. The van der Waals surface area contributed by atoms with Gasteiger partial charge in [0.05, 0.1) is 6.10 Å². The minimum absolute atomic E-state index is 0.285. The van der Waals surface area contributed by atoms with Crippen molar-refractivity contribution >= 4 is 0 Å². The minimum Gasteiger partial charge on any atom is -0.492 e. The lowest BCUT2D eigenvalue weighted by molar-refractivity contribution is 0.195. The fraction of sp³-hybridized carbons (Fsp3) is 0.600. The lowest BCUT2D eigenvalue weighted by Crippen LogP contribution is -2.25. The van der Waals surface area contributed by atoms with E-state index in [2.05, 4.69) is 4.90 Å². The third kappa shape index (κ3) is 4.31. The third-order valence-corrected chi connectivity index (χ3v) is 3.33. The van der Waals surface area contributed by atoms with Gasteiger partial charge in [-0.15, -0.1) is 0 Å². The second-order valence-electron chi connectivity index (χ2n) is 5.09.